The van der Waals surface area contributed by atoms with E-state index in [9.17, 15) is 4.79 Å². The van der Waals surface area contributed by atoms with Crippen molar-refractivity contribution in [2.24, 2.45) is 0 Å². The van der Waals surface area contributed by atoms with Gasteiger partial charge in [-0.25, -0.2) is 4.79 Å². The highest BCUT2D eigenvalue weighted by molar-refractivity contribution is 6.30. The molecule has 0 amide bonds. The first-order valence-corrected chi connectivity index (χ1v) is 7.62. The van der Waals surface area contributed by atoms with Gasteiger partial charge in [-0.2, -0.15) is 0 Å². The van der Waals surface area contributed by atoms with Crippen molar-refractivity contribution in [3.8, 4) is 5.75 Å². The van der Waals surface area contributed by atoms with Gasteiger partial charge in [0.2, 0.25) is 0 Å². The van der Waals surface area contributed by atoms with E-state index in [4.69, 9.17) is 21.1 Å². The van der Waals surface area contributed by atoms with E-state index in [0.717, 1.165) is 11.3 Å². The molecule has 0 saturated carbocycles. The molecular formula is C18H19ClO3. The molecule has 1 unspecified atom stereocenters. The van der Waals surface area contributed by atoms with Crippen molar-refractivity contribution in [1.29, 1.82) is 0 Å². The van der Waals surface area contributed by atoms with Crippen LogP contribution in [0.5, 0.6) is 5.75 Å². The zero-order chi connectivity index (χ0) is 15.9. The van der Waals surface area contributed by atoms with E-state index >= 15 is 0 Å². The number of carbonyl (C=O) groups is 1. The molecule has 0 aliphatic heterocycles. The summed E-state index contributed by atoms with van der Waals surface area (Å²) in [6.45, 7) is 4.28. The Morgan fingerprint density at radius 2 is 1.95 bits per heavy atom. The van der Waals surface area contributed by atoms with Crippen LogP contribution in [0.25, 0.3) is 0 Å². The van der Waals surface area contributed by atoms with Crippen molar-refractivity contribution < 1.29 is 14.3 Å². The van der Waals surface area contributed by atoms with Gasteiger partial charge in [-0.05, 0) is 49.2 Å². The van der Waals surface area contributed by atoms with E-state index in [2.05, 4.69) is 0 Å². The summed E-state index contributed by atoms with van der Waals surface area (Å²) >= 11 is 5.88. The number of hydrogen-bond donors (Lipinski definition) is 0. The fourth-order valence-corrected chi connectivity index (χ4v) is 2.15. The summed E-state index contributed by atoms with van der Waals surface area (Å²) in [5, 5.41) is 0.513. The number of carbonyl (C=O) groups excluding carboxylic acids is 1. The molecule has 116 valence electrons. The van der Waals surface area contributed by atoms with Crippen LogP contribution in [0.1, 0.15) is 29.3 Å². The van der Waals surface area contributed by atoms with Crippen molar-refractivity contribution in [1.82, 2.24) is 0 Å². The predicted molar refractivity (Wildman–Crippen MR) is 87.6 cm³/mol. The third-order valence-corrected chi connectivity index (χ3v) is 3.45. The van der Waals surface area contributed by atoms with Gasteiger partial charge in [-0.15, -0.1) is 0 Å². The second kappa shape index (κ2) is 7.85. The number of aryl methyl sites for hydroxylation is 1. The fourth-order valence-electron chi connectivity index (χ4n) is 1.96. The van der Waals surface area contributed by atoms with Crippen molar-refractivity contribution in [3.05, 3.63) is 64.7 Å². The Bertz CT molecular complexity index is 640. The van der Waals surface area contributed by atoms with Crippen LogP contribution in [0.15, 0.2) is 48.5 Å². The van der Waals surface area contributed by atoms with Gasteiger partial charge in [-0.1, -0.05) is 36.7 Å². The minimum atomic E-state index is -0.387. The van der Waals surface area contributed by atoms with Gasteiger partial charge in [0.25, 0.3) is 0 Å². The zero-order valence-corrected chi connectivity index (χ0v) is 13.5. The second-order valence-corrected chi connectivity index (χ2v) is 5.51. The highest BCUT2D eigenvalue weighted by atomic mass is 35.5. The topological polar surface area (TPSA) is 35.5 Å². The smallest absolute Gasteiger partial charge is 0.338 e. The molecule has 0 aromatic heterocycles. The summed E-state index contributed by atoms with van der Waals surface area (Å²) in [5.41, 5.74) is 1.57. The van der Waals surface area contributed by atoms with Crippen LogP contribution in [-0.4, -0.2) is 18.7 Å². The lowest BCUT2D eigenvalue weighted by Gasteiger charge is -2.17. The van der Waals surface area contributed by atoms with E-state index in [1.807, 2.05) is 38.1 Å². The Labute approximate surface area is 135 Å². The highest BCUT2D eigenvalue weighted by Gasteiger charge is 2.15. The van der Waals surface area contributed by atoms with E-state index in [1.54, 1.807) is 24.3 Å². The van der Waals surface area contributed by atoms with Gasteiger partial charge < -0.3 is 9.47 Å². The van der Waals surface area contributed by atoms with Crippen LogP contribution in [0.3, 0.4) is 0 Å². The summed E-state index contributed by atoms with van der Waals surface area (Å²) in [4.78, 5) is 12.1. The molecule has 1 atom stereocenters. The maximum atomic E-state index is 12.1. The number of rotatable bonds is 6. The molecule has 0 aliphatic carbocycles. The minimum absolute atomic E-state index is 0.299. The van der Waals surface area contributed by atoms with Crippen LogP contribution in [0.4, 0.5) is 0 Å². The fraction of sp³-hybridized carbons (Fsp3) is 0.278. The van der Waals surface area contributed by atoms with Gasteiger partial charge in [0.1, 0.15) is 18.5 Å². The molecule has 22 heavy (non-hydrogen) atoms. The lowest BCUT2D eigenvalue weighted by Crippen LogP contribution is -2.24. The van der Waals surface area contributed by atoms with E-state index in [0.29, 0.717) is 23.6 Å². The summed E-state index contributed by atoms with van der Waals surface area (Å²) in [5.74, 6) is 0.388. The first-order chi connectivity index (χ1) is 10.6. The lowest BCUT2D eigenvalue weighted by molar-refractivity contribution is 0.0165. The number of ether oxygens (including phenoxy) is 2. The monoisotopic (exact) mass is 318 g/mol. The molecule has 0 bridgehead atoms. The standard InChI is InChI=1S/C18H19ClO3/c1-3-16(12-21-17-9-4-6-13(2)10-17)22-18(20)14-7-5-8-15(19)11-14/h4-11,16H,3,12H2,1-2H3. The summed E-state index contributed by atoms with van der Waals surface area (Å²) in [6.07, 6.45) is 0.380. The third-order valence-electron chi connectivity index (χ3n) is 3.21. The molecule has 0 aliphatic rings. The number of benzene rings is 2. The highest BCUT2D eigenvalue weighted by Crippen LogP contribution is 2.15. The third kappa shape index (κ3) is 4.78. The molecule has 2 aromatic carbocycles. The van der Waals surface area contributed by atoms with Gasteiger partial charge in [-0.3, -0.25) is 0 Å². The van der Waals surface area contributed by atoms with Crippen molar-refractivity contribution in [2.75, 3.05) is 6.61 Å². The quantitative estimate of drug-likeness (QED) is 0.726. The van der Waals surface area contributed by atoms with Crippen LogP contribution in [-0.2, 0) is 4.74 Å². The average molecular weight is 319 g/mol. The molecule has 2 aromatic rings. The molecule has 0 N–H and O–H groups in total. The van der Waals surface area contributed by atoms with Gasteiger partial charge in [0.15, 0.2) is 0 Å². The molecule has 4 heteroatoms. The number of hydrogen-bond acceptors (Lipinski definition) is 3. The van der Waals surface area contributed by atoms with E-state index in [1.165, 1.54) is 0 Å². The minimum Gasteiger partial charge on any atom is -0.490 e. The molecule has 0 fully saturated rings. The first kappa shape index (κ1) is 16.4. The summed E-state index contributed by atoms with van der Waals surface area (Å²) in [7, 11) is 0. The molecule has 0 spiro atoms. The van der Waals surface area contributed by atoms with E-state index < -0.39 is 0 Å². The Morgan fingerprint density at radius 3 is 2.64 bits per heavy atom. The van der Waals surface area contributed by atoms with Crippen LogP contribution in [0, 0.1) is 6.92 Å². The van der Waals surface area contributed by atoms with Crippen LogP contribution in [0.2, 0.25) is 5.02 Å². The molecular weight excluding hydrogens is 300 g/mol. The number of halogens is 1. The lowest BCUT2D eigenvalue weighted by atomic mass is 10.2. The van der Waals surface area contributed by atoms with Gasteiger partial charge in [0, 0.05) is 5.02 Å². The maximum absolute atomic E-state index is 12.1. The number of esters is 1. The summed E-state index contributed by atoms with van der Waals surface area (Å²) < 4.78 is 11.2. The zero-order valence-electron chi connectivity index (χ0n) is 12.7. The second-order valence-electron chi connectivity index (χ2n) is 5.07. The van der Waals surface area contributed by atoms with Crippen molar-refractivity contribution >= 4 is 17.6 Å². The Hall–Kier alpha value is -2.00. The molecule has 0 heterocycles. The molecule has 2 rings (SSSR count). The summed E-state index contributed by atoms with van der Waals surface area (Å²) in [6, 6.07) is 14.5. The maximum Gasteiger partial charge on any atom is 0.338 e. The SMILES string of the molecule is CCC(COc1cccc(C)c1)OC(=O)c1cccc(Cl)c1. The predicted octanol–water partition coefficient (Wildman–Crippen LogP) is 4.66. The molecule has 0 radical (unpaired) electrons. The van der Waals surface area contributed by atoms with Crippen molar-refractivity contribution in [3.63, 3.8) is 0 Å². The van der Waals surface area contributed by atoms with Gasteiger partial charge >= 0.3 is 5.97 Å². The van der Waals surface area contributed by atoms with Gasteiger partial charge in [0.05, 0.1) is 5.56 Å². The van der Waals surface area contributed by atoms with Crippen LogP contribution >= 0.6 is 11.6 Å². The molecule has 0 saturated heterocycles. The Morgan fingerprint density at radius 1 is 1.18 bits per heavy atom. The van der Waals surface area contributed by atoms with Crippen LogP contribution < -0.4 is 4.74 Å². The largest absolute Gasteiger partial charge is 0.490 e. The molecule has 3 nitrogen and oxygen atoms in total. The Kier molecular flexibility index (Phi) is 5.84. The van der Waals surface area contributed by atoms with Crippen molar-refractivity contribution in [2.45, 2.75) is 26.4 Å². The first-order valence-electron chi connectivity index (χ1n) is 7.24. The normalized spacial score (nSPS) is 11.8. The van der Waals surface area contributed by atoms with E-state index in [-0.39, 0.29) is 12.1 Å². The Balaban J connectivity index is 1.93. The average Bonchev–Trinajstić information content (AvgIpc) is 2.51.